The van der Waals surface area contributed by atoms with Crippen LogP contribution in [0.15, 0.2) is 18.3 Å². The monoisotopic (exact) mass is 241 g/mol. The molecule has 1 unspecified atom stereocenters. The largest absolute Gasteiger partial charge is 0.361 e. The summed E-state index contributed by atoms with van der Waals surface area (Å²) in [4.78, 5) is 15.2. The normalized spacial score (nSPS) is 19.9. The van der Waals surface area contributed by atoms with Crippen molar-refractivity contribution in [2.75, 3.05) is 0 Å². The first-order chi connectivity index (χ1) is 8.66. The molecule has 0 bridgehead atoms. The molecule has 0 spiro atoms. The topological polar surface area (TPSA) is 32.9 Å². The number of carbonyl (C=O) groups excluding carboxylic acids is 1. The second-order valence-corrected chi connectivity index (χ2v) is 5.52. The molecule has 1 N–H and O–H groups in total. The van der Waals surface area contributed by atoms with Gasteiger partial charge in [0.25, 0.3) is 0 Å². The van der Waals surface area contributed by atoms with Gasteiger partial charge in [-0.05, 0) is 49.8 Å². The summed E-state index contributed by atoms with van der Waals surface area (Å²) in [5.41, 5.74) is 5.12. The Morgan fingerprint density at radius 2 is 2.06 bits per heavy atom. The Morgan fingerprint density at radius 1 is 1.28 bits per heavy atom. The number of ketones is 1. The molecule has 1 aliphatic rings. The third-order valence-electron chi connectivity index (χ3n) is 4.23. The highest BCUT2D eigenvalue weighted by atomic mass is 16.1. The van der Waals surface area contributed by atoms with Gasteiger partial charge in [0.15, 0.2) is 0 Å². The first-order valence-electron chi connectivity index (χ1n) is 6.75. The minimum absolute atomic E-state index is 0.254. The van der Waals surface area contributed by atoms with E-state index < -0.39 is 0 Å². The number of carbonyl (C=O) groups is 1. The molecular weight excluding hydrogens is 222 g/mol. The second-order valence-electron chi connectivity index (χ2n) is 5.52. The minimum atomic E-state index is 0.254. The second kappa shape index (κ2) is 4.27. The fourth-order valence-electron chi connectivity index (χ4n) is 3.17. The highest BCUT2D eigenvalue weighted by Crippen LogP contribution is 2.30. The summed E-state index contributed by atoms with van der Waals surface area (Å²) < 4.78 is 0. The molecule has 1 fully saturated rings. The van der Waals surface area contributed by atoms with Crippen LogP contribution in [0.3, 0.4) is 0 Å². The number of hydrogen-bond acceptors (Lipinski definition) is 1. The molecule has 0 aliphatic heterocycles. The highest BCUT2D eigenvalue weighted by molar-refractivity contribution is 5.90. The van der Waals surface area contributed by atoms with Gasteiger partial charge in [-0.1, -0.05) is 12.1 Å². The van der Waals surface area contributed by atoms with Crippen molar-refractivity contribution >= 4 is 16.7 Å². The molecule has 94 valence electrons. The van der Waals surface area contributed by atoms with E-state index in [4.69, 9.17) is 0 Å². The summed E-state index contributed by atoms with van der Waals surface area (Å²) >= 11 is 0. The lowest BCUT2D eigenvalue weighted by atomic mass is 9.95. The Kier molecular flexibility index (Phi) is 2.73. The van der Waals surface area contributed by atoms with Crippen LogP contribution in [0.4, 0.5) is 0 Å². The van der Waals surface area contributed by atoms with Gasteiger partial charge in [0, 0.05) is 29.4 Å². The van der Waals surface area contributed by atoms with Crippen molar-refractivity contribution in [1.82, 2.24) is 4.98 Å². The molecule has 2 nitrogen and oxygen atoms in total. The van der Waals surface area contributed by atoms with Crippen molar-refractivity contribution < 1.29 is 4.79 Å². The van der Waals surface area contributed by atoms with Gasteiger partial charge in [-0.15, -0.1) is 0 Å². The number of H-pyrrole nitrogens is 1. The number of aryl methyl sites for hydroxylation is 2. The summed E-state index contributed by atoms with van der Waals surface area (Å²) in [5, 5.41) is 1.33. The minimum Gasteiger partial charge on any atom is -0.361 e. The molecule has 0 radical (unpaired) electrons. The maximum absolute atomic E-state index is 11.8. The van der Waals surface area contributed by atoms with Gasteiger partial charge in [0.1, 0.15) is 5.78 Å². The Morgan fingerprint density at radius 3 is 2.78 bits per heavy atom. The van der Waals surface area contributed by atoms with Crippen molar-refractivity contribution in [3.05, 3.63) is 35.0 Å². The molecule has 1 aromatic heterocycles. The number of fused-ring (bicyclic) bond motifs is 1. The number of aromatic amines is 1. The number of rotatable bonds is 2. The first kappa shape index (κ1) is 11.5. The molecule has 1 atom stereocenters. The Balaban J connectivity index is 2.02. The third kappa shape index (κ3) is 1.76. The number of benzene rings is 1. The van der Waals surface area contributed by atoms with Crippen LogP contribution < -0.4 is 0 Å². The molecule has 1 aliphatic carbocycles. The molecule has 3 rings (SSSR count). The van der Waals surface area contributed by atoms with Gasteiger partial charge in [-0.2, -0.15) is 0 Å². The van der Waals surface area contributed by atoms with Crippen LogP contribution in [0.25, 0.3) is 10.9 Å². The van der Waals surface area contributed by atoms with Crippen LogP contribution in [-0.2, 0) is 11.2 Å². The maximum atomic E-state index is 11.8. The first-order valence-corrected chi connectivity index (χ1v) is 6.75. The Labute approximate surface area is 107 Å². The van der Waals surface area contributed by atoms with Crippen molar-refractivity contribution in [3.63, 3.8) is 0 Å². The van der Waals surface area contributed by atoms with Gasteiger partial charge < -0.3 is 4.98 Å². The fourth-order valence-corrected chi connectivity index (χ4v) is 3.17. The summed E-state index contributed by atoms with van der Waals surface area (Å²) in [5.74, 6) is 0.707. The standard InChI is InChI=1S/C16H19NO/c1-10-6-7-11(2)16-15(10)13(9-17-16)8-12-4-3-5-14(12)18/h6-7,9,12,17H,3-5,8H2,1-2H3. The van der Waals surface area contributed by atoms with Crippen molar-refractivity contribution in [2.24, 2.45) is 5.92 Å². The van der Waals surface area contributed by atoms with Crippen molar-refractivity contribution in [3.8, 4) is 0 Å². The maximum Gasteiger partial charge on any atom is 0.136 e. The molecule has 1 aromatic carbocycles. The van der Waals surface area contributed by atoms with Gasteiger partial charge in [-0.25, -0.2) is 0 Å². The van der Waals surface area contributed by atoms with Crippen LogP contribution in [0.5, 0.6) is 0 Å². The van der Waals surface area contributed by atoms with Gasteiger partial charge in [0.2, 0.25) is 0 Å². The molecule has 1 heterocycles. The van der Waals surface area contributed by atoms with Crippen LogP contribution in [0.2, 0.25) is 0 Å². The molecule has 0 amide bonds. The van der Waals surface area contributed by atoms with E-state index in [-0.39, 0.29) is 5.92 Å². The van der Waals surface area contributed by atoms with E-state index in [1.54, 1.807) is 0 Å². The van der Waals surface area contributed by atoms with Gasteiger partial charge >= 0.3 is 0 Å². The van der Waals surface area contributed by atoms with E-state index in [1.165, 1.54) is 27.6 Å². The summed E-state index contributed by atoms with van der Waals surface area (Å²) in [6, 6.07) is 4.32. The number of nitrogens with one attached hydrogen (secondary N) is 1. The van der Waals surface area contributed by atoms with Gasteiger partial charge in [-0.3, -0.25) is 4.79 Å². The number of hydrogen-bond donors (Lipinski definition) is 1. The SMILES string of the molecule is Cc1ccc(C)c2c(CC3CCCC3=O)c[nH]c12. The zero-order valence-corrected chi connectivity index (χ0v) is 11.0. The average molecular weight is 241 g/mol. The highest BCUT2D eigenvalue weighted by Gasteiger charge is 2.25. The lowest BCUT2D eigenvalue weighted by Crippen LogP contribution is -2.09. The fraction of sp³-hybridized carbons (Fsp3) is 0.438. The van der Waals surface area contributed by atoms with Crippen molar-refractivity contribution in [1.29, 1.82) is 0 Å². The van der Waals surface area contributed by atoms with E-state index >= 15 is 0 Å². The number of Topliss-reactive ketones (excluding diaryl/α,β-unsaturated/α-hetero) is 1. The average Bonchev–Trinajstić information content (AvgIpc) is 2.93. The van der Waals surface area contributed by atoms with E-state index in [1.807, 2.05) is 0 Å². The van der Waals surface area contributed by atoms with Crippen LogP contribution in [0, 0.1) is 19.8 Å². The molecule has 2 aromatic rings. The molecule has 1 saturated carbocycles. The molecule has 2 heteroatoms. The predicted octanol–water partition coefficient (Wildman–Crippen LogP) is 3.70. The lowest BCUT2D eigenvalue weighted by molar-refractivity contribution is -0.120. The van der Waals surface area contributed by atoms with E-state index in [2.05, 4.69) is 37.2 Å². The zero-order chi connectivity index (χ0) is 12.7. The Bertz CT molecular complexity index is 609. The van der Waals surface area contributed by atoms with Crippen LogP contribution in [-0.4, -0.2) is 10.8 Å². The summed E-state index contributed by atoms with van der Waals surface area (Å²) in [6.07, 6.45) is 5.92. The zero-order valence-electron chi connectivity index (χ0n) is 11.0. The van der Waals surface area contributed by atoms with E-state index in [0.717, 1.165) is 25.7 Å². The lowest BCUT2D eigenvalue weighted by Gasteiger charge is -2.08. The quantitative estimate of drug-likeness (QED) is 0.854. The number of aromatic nitrogens is 1. The van der Waals surface area contributed by atoms with E-state index in [0.29, 0.717) is 5.78 Å². The molecule has 0 saturated heterocycles. The van der Waals surface area contributed by atoms with Crippen molar-refractivity contribution in [2.45, 2.75) is 39.5 Å². The smallest absolute Gasteiger partial charge is 0.136 e. The summed E-state index contributed by atoms with van der Waals surface area (Å²) in [6.45, 7) is 4.28. The van der Waals surface area contributed by atoms with Crippen LogP contribution in [0.1, 0.15) is 36.0 Å². The van der Waals surface area contributed by atoms with E-state index in [9.17, 15) is 4.79 Å². The Hall–Kier alpha value is -1.57. The van der Waals surface area contributed by atoms with Crippen LogP contribution >= 0.6 is 0 Å². The predicted molar refractivity (Wildman–Crippen MR) is 73.8 cm³/mol. The molecular formula is C16H19NO. The molecule has 18 heavy (non-hydrogen) atoms. The van der Waals surface area contributed by atoms with Gasteiger partial charge in [0.05, 0.1) is 0 Å². The summed E-state index contributed by atoms with van der Waals surface area (Å²) in [7, 11) is 0. The third-order valence-corrected chi connectivity index (χ3v) is 4.23.